The van der Waals surface area contributed by atoms with Gasteiger partial charge in [-0.1, -0.05) is 23.3 Å². The first-order chi connectivity index (χ1) is 11.4. The fourth-order valence-corrected chi connectivity index (χ4v) is 1.97. The third kappa shape index (κ3) is 7.68. The Balaban J connectivity index is 2.44. The van der Waals surface area contributed by atoms with Crippen molar-refractivity contribution in [1.82, 2.24) is 0 Å². The van der Waals surface area contributed by atoms with Gasteiger partial charge in [0, 0.05) is 6.08 Å². The van der Waals surface area contributed by atoms with Gasteiger partial charge in [-0.3, -0.25) is 0 Å². The molecule has 0 heterocycles. The van der Waals surface area contributed by atoms with Crippen molar-refractivity contribution in [3.63, 3.8) is 0 Å². The van der Waals surface area contributed by atoms with E-state index in [-0.39, 0.29) is 12.4 Å². The van der Waals surface area contributed by atoms with Crippen molar-refractivity contribution in [1.29, 1.82) is 0 Å². The van der Waals surface area contributed by atoms with Gasteiger partial charge in [-0.05, 0) is 63.5 Å². The van der Waals surface area contributed by atoms with Crippen LogP contribution in [0.1, 0.15) is 39.2 Å². The molecular formula is C20H26O4. The molecule has 1 rings (SSSR count). The van der Waals surface area contributed by atoms with E-state index in [2.05, 4.69) is 19.9 Å². The number of phenols is 1. The largest absolute Gasteiger partial charge is 0.504 e. The lowest BCUT2D eigenvalue weighted by molar-refractivity contribution is -0.136. The van der Waals surface area contributed by atoms with Crippen molar-refractivity contribution >= 4 is 12.0 Å². The second kappa shape index (κ2) is 10.3. The van der Waals surface area contributed by atoms with Crippen LogP contribution in [0, 0.1) is 0 Å². The normalized spacial score (nSPS) is 11.4. The lowest BCUT2D eigenvalue weighted by atomic mass is 10.1. The van der Waals surface area contributed by atoms with E-state index in [0.717, 1.165) is 18.4 Å². The molecule has 0 atom stereocenters. The second-order valence-electron chi connectivity index (χ2n) is 5.77. The summed E-state index contributed by atoms with van der Waals surface area (Å²) in [6.45, 7) is 6.46. The van der Waals surface area contributed by atoms with Gasteiger partial charge in [0.1, 0.15) is 6.61 Å². The van der Waals surface area contributed by atoms with Gasteiger partial charge in [-0.15, -0.1) is 0 Å². The summed E-state index contributed by atoms with van der Waals surface area (Å²) < 4.78 is 10.2. The minimum Gasteiger partial charge on any atom is -0.504 e. The summed E-state index contributed by atoms with van der Waals surface area (Å²) in [5.41, 5.74) is 3.26. The van der Waals surface area contributed by atoms with Crippen LogP contribution < -0.4 is 4.74 Å². The molecule has 0 amide bonds. The highest BCUT2D eigenvalue weighted by atomic mass is 16.5. The van der Waals surface area contributed by atoms with Gasteiger partial charge < -0.3 is 14.6 Å². The zero-order chi connectivity index (χ0) is 17.9. The Labute approximate surface area is 144 Å². The Kier molecular flexibility index (Phi) is 8.41. The number of carbonyl (C=O) groups is 1. The number of hydrogen-bond acceptors (Lipinski definition) is 4. The number of ether oxygens (including phenoxy) is 2. The van der Waals surface area contributed by atoms with E-state index in [1.165, 1.54) is 30.4 Å². The van der Waals surface area contributed by atoms with Crippen LogP contribution in [0.5, 0.6) is 11.5 Å². The number of benzene rings is 1. The molecule has 4 heteroatoms. The smallest absolute Gasteiger partial charge is 0.331 e. The van der Waals surface area contributed by atoms with Gasteiger partial charge in [0.25, 0.3) is 0 Å². The summed E-state index contributed by atoms with van der Waals surface area (Å²) in [6.07, 6.45) is 9.06. The number of aromatic hydroxyl groups is 1. The van der Waals surface area contributed by atoms with E-state index in [9.17, 15) is 9.90 Å². The summed E-state index contributed by atoms with van der Waals surface area (Å²) in [5, 5.41) is 9.52. The quantitative estimate of drug-likeness (QED) is 0.428. The van der Waals surface area contributed by atoms with Crippen molar-refractivity contribution in [2.45, 2.75) is 33.6 Å². The molecule has 130 valence electrons. The standard InChI is InChI=1S/C20H26O4/c1-15(2)6-5-7-16(3)12-13-24-20(22)11-9-17-8-10-18(21)19(14-17)23-4/h6,8-12,14,21H,5,7,13H2,1-4H3. The van der Waals surface area contributed by atoms with Crippen LogP contribution in [0.2, 0.25) is 0 Å². The summed E-state index contributed by atoms with van der Waals surface area (Å²) in [6, 6.07) is 4.85. The summed E-state index contributed by atoms with van der Waals surface area (Å²) in [4.78, 5) is 11.7. The van der Waals surface area contributed by atoms with Crippen molar-refractivity contribution in [3.8, 4) is 11.5 Å². The maximum absolute atomic E-state index is 11.7. The van der Waals surface area contributed by atoms with E-state index >= 15 is 0 Å². The second-order valence-corrected chi connectivity index (χ2v) is 5.77. The molecule has 0 spiro atoms. The van der Waals surface area contributed by atoms with Gasteiger partial charge in [0.2, 0.25) is 0 Å². The van der Waals surface area contributed by atoms with Crippen molar-refractivity contribution in [2.75, 3.05) is 13.7 Å². The number of allylic oxidation sites excluding steroid dienone is 3. The van der Waals surface area contributed by atoms with E-state index in [1.807, 2.05) is 13.0 Å². The first-order valence-corrected chi connectivity index (χ1v) is 7.93. The van der Waals surface area contributed by atoms with Gasteiger partial charge in [0.15, 0.2) is 11.5 Å². The van der Waals surface area contributed by atoms with Crippen LogP contribution in [-0.2, 0) is 9.53 Å². The predicted octanol–water partition coefficient (Wildman–Crippen LogP) is 4.65. The highest BCUT2D eigenvalue weighted by Crippen LogP contribution is 2.26. The zero-order valence-corrected chi connectivity index (χ0v) is 14.8. The fraction of sp³-hybridized carbons (Fsp3) is 0.350. The highest BCUT2D eigenvalue weighted by molar-refractivity contribution is 5.87. The van der Waals surface area contributed by atoms with Crippen LogP contribution in [-0.4, -0.2) is 24.8 Å². The fourth-order valence-electron chi connectivity index (χ4n) is 1.97. The molecule has 1 aromatic carbocycles. The minimum absolute atomic E-state index is 0.0611. The Hall–Kier alpha value is -2.49. The van der Waals surface area contributed by atoms with Crippen molar-refractivity contribution < 1.29 is 19.4 Å². The third-order valence-corrected chi connectivity index (χ3v) is 3.36. The number of phenolic OH excluding ortho intramolecular Hbond substituents is 1. The van der Waals surface area contributed by atoms with Crippen LogP contribution in [0.3, 0.4) is 0 Å². The van der Waals surface area contributed by atoms with Crippen LogP contribution in [0.15, 0.2) is 47.6 Å². The van der Waals surface area contributed by atoms with Gasteiger partial charge >= 0.3 is 5.97 Å². The average molecular weight is 330 g/mol. The first kappa shape index (κ1) is 19.6. The van der Waals surface area contributed by atoms with E-state index in [1.54, 1.807) is 18.2 Å². The predicted molar refractivity (Wildman–Crippen MR) is 97.1 cm³/mol. The molecule has 0 aliphatic carbocycles. The maximum atomic E-state index is 11.7. The Bertz CT molecular complexity index is 635. The summed E-state index contributed by atoms with van der Waals surface area (Å²) in [5.74, 6) is 0.0155. The number of hydrogen-bond donors (Lipinski definition) is 1. The van der Waals surface area contributed by atoms with Crippen LogP contribution in [0.4, 0.5) is 0 Å². The maximum Gasteiger partial charge on any atom is 0.331 e. The van der Waals surface area contributed by atoms with Crippen LogP contribution in [0.25, 0.3) is 6.08 Å². The van der Waals surface area contributed by atoms with Gasteiger partial charge in [-0.2, -0.15) is 0 Å². The summed E-state index contributed by atoms with van der Waals surface area (Å²) in [7, 11) is 1.48. The topological polar surface area (TPSA) is 55.8 Å². The molecule has 1 N–H and O–H groups in total. The highest BCUT2D eigenvalue weighted by Gasteiger charge is 2.01. The number of methoxy groups -OCH3 is 1. The van der Waals surface area contributed by atoms with Crippen molar-refractivity contribution in [3.05, 3.63) is 53.1 Å². The molecule has 0 saturated carbocycles. The number of esters is 1. The van der Waals surface area contributed by atoms with E-state index in [4.69, 9.17) is 9.47 Å². The van der Waals surface area contributed by atoms with E-state index < -0.39 is 5.97 Å². The molecule has 0 aromatic heterocycles. The lowest BCUT2D eigenvalue weighted by Gasteiger charge is -2.03. The molecule has 0 bridgehead atoms. The first-order valence-electron chi connectivity index (χ1n) is 7.93. The molecule has 0 aliphatic heterocycles. The van der Waals surface area contributed by atoms with Crippen molar-refractivity contribution in [2.24, 2.45) is 0 Å². The third-order valence-electron chi connectivity index (χ3n) is 3.36. The molecule has 0 saturated heterocycles. The Morgan fingerprint density at radius 2 is 1.96 bits per heavy atom. The van der Waals surface area contributed by atoms with Gasteiger partial charge in [-0.25, -0.2) is 4.79 Å². The monoisotopic (exact) mass is 330 g/mol. The van der Waals surface area contributed by atoms with E-state index in [0.29, 0.717) is 5.75 Å². The Morgan fingerprint density at radius 1 is 1.21 bits per heavy atom. The SMILES string of the molecule is COc1cc(C=CC(=O)OCC=C(C)CCC=C(C)C)ccc1O. The lowest BCUT2D eigenvalue weighted by Crippen LogP contribution is -2.00. The molecule has 1 aromatic rings. The minimum atomic E-state index is -0.407. The average Bonchev–Trinajstić information content (AvgIpc) is 2.53. The molecule has 24 heavy (non-hydrogen) atoms. The molecule has 0 unspecified atom stereocenters. The molecular weight excluding hydrogens is 304 g/mol. The molecule has 0 radical (unpaired) electrons. The number of carbonyl (C=O) groups excluding carboxylic acids is 1. The number of rotatable bonds is 8. The molecule has 0 fully saturated rings. The summed E-state index contributed by atoms with van der Waals surface area (Å²) >= 11 is 0. The molecule has 0 aliphatic rings. The Morgan fingerprint density at radius 3 is 2.62 bits per heavy atom. The zero-order valence-electron chi connectivity index (χ0n) is 14.8. The molecule has 4 nitrogen and oxygen atoms in total. The van der Waals surface area contributed by atoms with Gasteiger partial charge in [0.05, 0.1) is 7.11 Å². The van der Waals surface area contributed by atoms with Crippen LogP contribution >= 0.6 is 0 Å².